The standard InChI is InChI=1S/C26H26N4O2S/c1-18-8-12-20(13-9-18)16-27-24(31)17-33-26-29-28-25(22-6-4-5-7-23(22)32-3)30(26)21-14-10-19(2)11-15-21/h4-15H,16-17H2,1-3H3,(H,27,31). The number of aromatic nitrogens is 3. The van der Waals surface area contributed by atoms with Gasteiger partial charge in [0, 0.05) is 12.2 Å². The molecule has 3 aromatic carbocycles. The molecule has 0 saturated carbocycles. The lowest BCUT2D eigenvalue weighted by molar-refractivity contribution is -0.118. The summed E-state index contributed by atoms with van der Waals surface area (Å²) in [5, 5.41) is 12.5. The van der Waals surface area contributed by atoms with Gasteiger partial charge in [0.05, 0.1) is 18.4 Å². The van der Waals surface area contributed by atoms with Crippen molar-refractivity contribution in [3.8, 4) is 22.8 Å². The topological polar surface area (TPSA) is 69.0 Å². The molecule has 7 heteroatoms. The summed E-state index contributed by atoms with van der Waals surface area (Å²) in [6.07, 6.45) is 0. The lowest BCUT2D eigenvalue weighted by Crippen LogP contribution is -2.24. The van der Waals surface area contributed by atoms with Crippen LogP contribution in [0.2, 0.25) is 0 Å². The Morgan fingerprint density at radius 1 is 0.939 bits per heavy atom. The van der Waals surface area contributed by atoms with Crippen molar-refractivity contribution in [3.63, 3.8) is 0 Å². The van der Waals surface area contributed by atoms with Gasteiger partial charge < -0.3 is 10.1 Å². The maximum absolute atomic E-state index is 12.5. The molecular formula is C26H26N4O2S. The lowest BCUT2D eigenvalue weighted by Gasteiger charge is -2.13. The average molecular weight is 459 g/mol. The first-order valence-corrected chi connectivity index (χ1v) is 11.6. The largest absolute Gasteiger partial charge is 0.496 e. The Balaban J connectivity index is 1.56. The van der Waals surface area contributed by atoms with Crippen LogP contribution in [-0.4, -0.2) is 33.5 Å². The van der Waals surface area contributed by atoms with Gasteiger partial charge in [-0.1, -0.05) is 71.4 Å². The zero-order chi connectivity index (χ0) is 23.2. The number of nitrogens with zero attached hydrogens (tertiary/aromatic N) is 3. The molecule has 0 aliphatic rings. The van der Waals surface area contributed by atoms with Gasteiger partial charge in [-0.05, 0) is 43.7 Å². The van der Waals surface area contributed by atoms with Crippen molar-refractivity contribution in [1.29, 1.82) is 0 Å². The molecule has 0 saturated heterocycles. The second kappa shape index (κ2) is 10.4. The Labute approximate surface area is 198 Å². The first-order chi connectivity index (χ1) is 16.0. The number of hydrogen-bond acceptors (Lipinski definition) is 5. The highest BCUT2D eigenvalue weighted by atomic mass is 32.2. The molecule has 1 N–H and O–H groups in total. The molecule has 1 heterocycles. The van der Waals surface area contributed by atoms with Crippen LogP contribution in [0.4, 0.5) is 0 Å². The van der Waals surface area contributed by atoms with Crippen LogP contribution in [-0.2, 0) is 11.3 Å². The van der Waals surface area contributed by atoms with Gasteiger partial charge in [0.25, 0.3) is 0 Å². The number of hydrogen-bond donors (Lipinski definition) is 1. The third kappa shape index (κ3) is 5.43. The number of methoxy groups -OCH3 is 1. The number of benzene rings is 3. The first-order valence-electron chi connectivity index (χ1n) is 10.7. The average Bonchev–Trinajstić information content (AvgIpc) is 3.26. The summed E-state index contributed by atoms with van der Waals surface area (Å²) in [6, 6.07) is 24.0. The van der Waals surface area contributed by atoms with E-state index in [1.807, 2.05) is 91.2 Å². The van der Waals surface area contributed by atoms with E-state index in [9.17, 15) is 4.79 Å². The third-order valence-electron chi connectivity index (χ3n) is 5.22. The predicted molar refractivity (Wildman–Crippen MR) is 132 cm³/mol. The molecule has 0 aliphatic carbocycles. The predicted octanol–water partition coefficient (Wildman–Crippen LogP) is 4.97. The van der Waals surface area contributed by atoms with E-state index in [1.165, 1.54) is 17.3 Å². The molecule has 0 aliphatic heterocycles. The maximum Gasteiger partial charge on any atom is 0.230 e. The molecular weight excluding hydrogens is 432 g/mol. The highest BCUT2D eigenvalue weighted by Gasteiger charge is 2.19. The zero-order valence-electron chi connectivity index (χ0n) is 18.9. The Kier molecular flexibility index (Phi) is 7.10. The lowest BCUT2D eigenvalue weighted by atomic mass is 10.1. The van der Waals surface area contributed by atoms with Crippen molar-refractivity contribution in [2.24, 2.45) is 0 Å². The second-order valence-electron chi connectivity index (χ2n) is 7.73. The fourth-order valence-corrected chi connectivity index (χ4v) is 4.16. The number of carbonyl (C=O) groups excluding carboxylic acids is 1. The molecule has 33 heavy (non-hydrogen) atoms. The van der Waals surface area contributed by atoms with Crippen LogP contribution in [0.1, 0.15) is 16.7 Å². The normalized spacial score (nSPS) is 10.8. The number of aryl methyl sites for hydroxylation is 2. The van der Waals surface area contributed by atoms with Crippen molar-refractivity contribution in [3.05, 3.63) is 89.5 Å². The van der Waals surface area contributed by atoms with Gasteiger partial charge in [0.15, 0.2) is 11.0 Å². The number of thioether (sulfide) groups is 1. The number of para-hydroxylation sites is 1. The highest BCUT2D eigenvalue weighted by molar-refractivity contribution is 7.99. The Hall–Kier alpha value is -3.58. The van der Waals surface area contributed by atoms with Crippen LogP contribution in [0.5, 0.6) is 5.75 Å². The first kappa shape index (κ1) is 22.6. The summed E-state index contributed by atoms with van der Waals surface area (Å²) in [5.41, 5.74) is 5.19. The van der Waals surface area contributed by atoms with Crippen LogP contribution < -0.4 is 10.1 Å². The second-order valence-corrected chi connectivity index (χ2v) is 8.67. The summed E-state index contributed by atoms with van der Waals surface area (Å²) >= 11 is 1.36. The molecule has 0 radical (unpaired) electrons. The number of nitrogens with one attached hydrogen (secondary N) is 1. The SMILES string of the molecule is COc1ccccc1-c1nnc(SCC(=O)NCc2ccc(C)cc2)n1-c1ccc(C)cc1. The van der Waals surface area contributed by atoms with E-state index in [-0.39, 0.29) is 11.7 Å². The number of ether oxygens (including phenoxy) is 1. The van der Waals surface area contributed by atoms with Crippen LogP contribution in [0.25, 0.3) is 17.1 Å². The molecule has 0 spiro atoms. The van der Waals surface area contributed by atoms with E-state index in [2.05, 4.69) is 15.5 Å². The molecule has 1 aromatic heterocycles. The Morgan fingerprint density at radius 2 is 1.61 bits per heavy atom. The fourth-order valence-electron chi connectivity index (χ4n) is 3.38. The van der Waals surface area contributed by atoms with E-state index in [0.29, 0.717) is 23.3 Å². The van der Waals surface area contributed by atoms with Gasteiger partial charge in [-0.2, -0.15) is 0 Å². The minimum atomic E-state index is -0.0575. The van der Waals surface area contributed by atoms with Gasteiger partial charge in [0.1, 0.15) is 5.75 Å². The van der Waals surface area contributed by atoms with Crippen LogP contribution in [0, 0.1) is 13.8 Å². The summed E-state index contributed by atoms with van der Waals surface area (Å²) in [5.74, 6) is 1.56. The van der Waals surface area contributed by atoms with E-state index in [1.54, 1.807) is 7.11 Å². The summed E-state index contributed by atoms with van der Waals surface area (Å²) in [4.78, 5) is 12.5. The molecule has 6 nitrogen and oxygen atoms in total. The Morgan fingerprint density at radius 3 is 2.30 bits per heavy atom. The molecule has 1 amide bonds. The minimum absolute atomic E-state index is 0.0575. The molecule has 168 valence electrons. The number of rotatable bonds is 8. The smallest absolute Gasteiger partial charge is 0.230 e. The van der Waals surface area contributed by atoms with Crippen LogP contribution >= 0.6 is 11.8 Å². The number of carbonyl (C=O) groups is 1. The molecule has 0 fully saturated rings. The van der Waals surface area contributed by atoms with Crippen molar-refractivity contribution < 1.29 is 9.53 Å². The van der Waals surface area contributed by atoms with Gasteiger partial charge in [-0.25, -0.2) is 0 Å². The quantitative estimate of drug-likeness (QED) is 0.378. The molecule has 0 unspecified atom stereocenters. The number of amides is 1. The van der Waals surface area contributed by atoms with Gasteiger partial charge in [0.2, 0.25) is 5.91 Å². The summed E-state index contributed by atoms with van der Waals surface area (Å²) < 4.78 is 7.51. The van der Waals surface area contributed by atoms with Crippen LogP contribution in [0.3, 0.4) is 0 Å². The zero-order valence-corrected chi connectivity index (χ0v) is 19.7. The monoisotopic (exact) mass is 458 g/mol. The van der Waals surface area contributed by atoms with Crippen molar-refractivity contribution >= 4 is 17.7 Å². The molecule has 0 atom stereocenters. The van der Waals surface area contributed by atoms with Crippen molar-refractivity contribution in [2.75, 3.05) is 12.9 Å². The van der Waals surface area contributed by atoms with Gasteiger partial charge in [-0.3, -0.25) is 9.36 Å². The van der Waals surface area contributed by atoms with E-state index >= 15 is 0 Å². The molecule has 4 rings (SSSR count). The van der Waals surface area contributed by atoms with E-state index < -0.39 is 0 Å². The Bertz CT molecular complexity index is 1230. The van der Waals surface area contributed by atoms with Crippen molar-refractivity contribution in [2.45, 2.75) is 25.5 Å². The van der Waals surface area contributed by atoms with E-state index in [0.717, 1.165) is 22.4 Å². The maximum atomic E-state index is 12.5. The fraction of sp³-hybridized carbons (Fsp3) is 0.192. The van der Waals surface area contributed by atoms with Crippen molar-refractivity contribution in [1.82, 2.24) is 20.1 Å². The van der Waals surface area contributed by atoms with E-state index in [4.69, 9.17) is 4.74 Å². The highest BCUT2D eigenvalue weighted by Crippen LogP contribution is 2.33. The summed E-state index contributed by atoms with van der Waals surface area (Å²) in [6.45, 7) is 4.59. The van der Waals surface area contributed by atoms with Gasteiger partial charge in [-0.15, -0.1) is 10.2 Å². The molecule has 4 aromatic rings. The minimum Gasteiger partial charge on any atom is -0.496 e. The van der Waals surface area contributed by atoms with Gasteiger partial charge >= 0.3 is 0 Å². The van der Waals surface area contributed by atoms with Crippen LogP contribution in [0.15, 0.2) is 78.0 Å². The third-order valence-corrected chi connectivity index (χ3v) is 6.15. The molecule has 0 bridgehead atoms. The summed E-state index contributed by atoms with van der Waals surface area (Å²) in [7, 11) is 1.64.